The molecule has 0 aliphatic carbocycles. The molecule has 6 nitrogen and oxygen atoms in total. The standard InChI is InChI=1S/C11H15N3O3/c1-6(11(16)17)14-5-8-4-7(10(12)13)2-3-9(8)15/h2-4,6,14-15H,5H2,1H3,(H3,12,13)(H,16,17)/t6-/m0/s1. The molecule has 0 amide bonds. The lowest BCUT2D eigenvalue weighted by Gasteiger charge is -2.11. The first-order valence-electron chi connectivity index (χ1n) is 5.04. The van der Waals surface area contributed by atoms with E-state index in [1.165, 1.54) is 19.1 Å². The third kappa shape index (κ3) is 3.46. The van der Waals surface area contributed by atoms with Gasteiger partial charge in [-0.1, -0.05) is 0 Å². The van der Waals surface area contributed by atoms with E-state index >= 15 is 0 Å². The number of nitrogens with two attached hydrogens (primary N) is 1. The van der Waals surface area contributed by atoms with Crippen molar-refractivity contribution in [1.82, 2.24) is 5.32 Å². The molecule has 0 heterocycles. The van der Waals surface area contributed by atoms with Crippen molar-refractivity contribution in [2.24, 2.45) is 5.73 Å². The van der Waals surface area contributed by atoms with Gasteiger partial charge in [-0.05, 0) is 25.1 Å². The predicted molar refractivity (Wildman–Crippen MR) is 63.1 cm³/mol. The van der Waals surface area contributed by atoms with Crippen LogP contribution in [0.15, 0.2) is 18.2 Å². The Balaban J connectivity index is 2.79. The molecule has 17 heavy (non-hydrogen) atoms. The first-order valence-corrected chi connectivity index (χ1v) is 5.04. The minimum atomic E-state index is -0.966. The molecule has 1 rings (SSSR count). The molecule has 0 aromatic heterocycles. The van der Waals surface area contributed by atoms with Crippen LogP contribution < -0.4 is 11.1 Å². The second-order valence-corrected chi connectivity index (χ2v) is 3.70. The van der Waals surface area contributed by atoms with Gasteiger partial charge in [-0.15, -0.1) is 0 Å². The van der Waals surface area contributed by atoms with Gasteiger partial charge in [0.25, 0.3) is 0 Å². The van der Waals surface area contributed by atoms with E-state index in [0.29, 0.717) is 11.1 Å². The number of carboxylic acid groups (broad SMARTS) is 1. The molecule has 0 unspecified atom stereocenters. The number of nitrogen functional groups attached to an aromatic ring is 1. The van der Waals surface area contributed by atoms with Crippen molar-refractivity contribution in [2.45, 2.75) is 19.5 Å². The highest BCUT2D eigenvalue weighted by Gasteiger charge is 2.11. The number of benzene rings is 1. The molecule has 0 saturated heterocycles. The first-order chi connectivity index (χ1) is 7.91. The molecule has 0 radical (unpaired) electrons. The SMILES string of the molecule is C[C@H](NCc1cc(C(=N)N)ccc1O)C(=O)O. The Kier molecular flexibility index (Phi) is 4.06. The Morgan fingerprint density at radius 2 is 2.24 bits per heavy atom. The molecule has 0 aliphatic rings. The topological polar surface area (TPSA) is 119 Å². The maximum atomic E-state index is 10.6. The molecule has 6 N–H and O–H groups in total. The highest BCUT2D eigenvalue weighted by atomic mass is 16.4. The van der Waals surface area contributed by atoms with Gasteiger partial charge in [0, 0.05) is 17.7 Å². The molecular formula is C11H15N3O3. The fourth-order valence-electron chi connectivity index (χ4n) is 1.24. The monoisotopic (exact) mass is 237 g/mol. The van der Waals surface area contributed by atoms with Gasteiger partial charge in [-0.25, -0.2) is 0 Å². The smallest absolute Gasteiger partial charge is 0.320 e. The number of carboxylic acids is 1. The second-order valence-electron chi connectivity index (χ2n) is 3.70. The van der Waals surface area contributed by atoms with Crippen LogP contribution in [-0.2, 0) is 11.3 Å². The quantitative estimate of drug-likeness (QED) is 0.371. The number of phenolic OH excluding ortho intramolecular Hbond substituents is 1. The number of phenols is 1. The van der Waals surface area contributed by atoms with Gasteiger partial charge in [0.15, 0.2) is 0 Å². The van der Waals surface area contributed by atoms with Crippen molar-refractivity contribution < 1.29 is 15.0 Å². The first kappa shape index (κ1) is 13.0. The number of aromatic hydroxyl groups is 1. The van der Waals surface area contributed by atoms with Crippen LogP contribution in [-0.4, -0.2) is 28.1 Å². The number of nitrogens with one attached hydrogen (secondary N) is 2. The molecule has 0 fully saturated rings. The Morgan fingerprint density at radius 3 is 2.76 bits per heavy atom. The van der Waals surface area contributed by atoms with Crippen molar-refractivity contribution >= 4 is 11.8 Å². The van der Waals surface area contributed by atoms with Crippen LogP contribution in [0.5, 0.6) is 5.75 Å². The summed E-state index contributed by atoms with van der Waals surface area (Å²) in [6.45, 7) is 1.70. The van der Waals surface area contributed by atoms with Crippen molar-refractivity contribution in [2.75, 3.05) is 0 Å². The lowest BCUT2D eigenvalue weighted by molar-refractivity contribution is -0.139. The molecule has 0 spiro atoms. The van der Waals surface area contributed by atoms with Gasteiger partial charge in [-0.3, -0.25) is 10.2 Å². The van der Waals surface area contributed by atoms with E-state index in [9.17, 15) is 9.90 Å². The highest BCUT2D eigenvalue weighted by molar-refractivity contribution is 5.95. The summed E-state index contributed by atoms with van der Waals surface area (Å²) >= 11 is 0. The number of hydrogen-bond acceptors (Lipinski definition) is 4. The van der Waals surface area contributed by atoms with Crippen molar-refractivity contribution in [3.63, 3.8) is 0 Å². The normalized spacial score (nSPS) is 12.1. The molecule has 1 aromatic rings. The van der Waals surface area contributed by atoms with E-state index in [4.69, 9.17) is 16.2 Å². The maximum absolute atomic E-state index is 10.6. The van der Waals surface area contributed by atoms with Crippen LogP contribution in [0.1, 0.15) is 18.1 Å². The lowest BCUT2D eigenvalue weighted by Crippen LogP contribution is -2.33. The zero-order valence-corrected chi connectivity index (χ0v) is 9.40. The molecule has 1 atom stereocenters. The van der Waals surface area contributed by atoms with Gasteiger partial charge < -0.3 is 21.3 Å². The number of hydrogen-bond donors (Lipinski definition) is 5. The summed E-state index contributed by atoms with van der Waals surface area (Å²) < 4.78 is 0. The second kappa shape index (κ2) is 5.31. The molecule has 1 aromatic carbocycles. The van der Waals surface area contributed by atoms with E-state index in [1.807, 2.05) is 0 Å². The summed E-state index contributed by atoms with van der Waals surface area (Å²) in [6.07, 6.45) is 0. The van der Waals surface area contributed by atoms with Gasteiger partial charge >= 0.3 is 5.97 Å². The van der Waals surface area contributed by atoms with Gasteiger partial charge in [-0.2, -0.15) is 0 Å². The summed E-state index contributed by atoms with van der Waals surface area (Å²) in [5.74, 6) is -1.02. The zero-order valence-electron chi connectivity index (χ0n) is 9.40. The zero-order chi connectivity index (χ0) is 13.0. The maximum Gasteiger partial charge on any atom is 0.320 e. The Bertz CT molecular complexity index is 446. The molecule has 0 saturated carbocycles. The van der Waals surface area contributed by atoms with Crippen LogP contribution >= 0.6 is 0 Å². The van der Waals surface area contributed by atoms with Crippen molar-refractivity contribution in [1.29, 1.82) is 5.41 Å². The van der Waals surface area contributed by atoms with E-state index in [1.54, 1.807) is 6.07 Å². The van der Waals surface area contributed by atoms with E-state index in [0.717, 1.165) is 0 Å². The fraction of sp³-hybridized carbons (Fsp3) is 0.273. The molecule has 92 valence electrons. The van der Waals surface area contributed by atoms with Crippen molar-refractivity contribution in [3.05, 3.63) is 29.3 Å². The highest BCUT2D eigenvalue weighted by Crippen LogP contribution is 2.18. The minimum Gasteiger partial charge on any atom is -0.508 e. The third-order valence-corrected chi connectivity index (χ3v) is 2.36. The number of aliphatic carboxylic acids is 1. The molecular weight excluding hydrogens is 222 g/mol. The fourth-order valence-corrected chi connectivity index (χ4v) is 1.24. The Hall–Kier alpha value is -2.08. The van der Waals surface area contributed by atoms with Crippen LogP contribution in [0.3, 0.4) is 0 Å². The van der Waals surface area contributed by atoms with Crippen LogP contribution in [0.4, 0.5) is 0 Å². The Morgan fingerprint density at radius 1 is 1.59 bits per heavy atom. The molecule has 0 bridgehead atoms. The summed E-state index contributed by atoms with van der Waals surface area (Å²) in [5, 5.41) is 28.3. The Labute approximate surface area is 98.6 Å². The molecule has 6 heteroatoms. The van der Waals surface area contributed by atoms with Crippen LogP contribution in [0.25, 0.3) is 0 Å². The summed E-state index contributed by atoms with van der Waals surface area (Å²) in [7, 11) is 0. The van der Waals surface area contributed by atoms with E-state index < -0.39 is 12.0 Å². The number of amidine groups is 1. The summed E-state index contributed by atoms with van der Waals surface area (Å²) in [6, 6.07) is 3.80. The van der Waals surface area contributed by atoms with Gasteiger partial charge in [0.1, 0.15) is 17.6 Å². The van der Waals surface area contributed by atoms with Crippen LogP contribution in [0.2, 0.25) is 0 Å². The molecule has 0 aliphatic heterocycles. The average molecular weight is 237 g/mol. The summed E-state index contributed by atoms with van der Waals surface area (Å²) in [4.78, 5) is 10.6. The van der Waals surface area contributed by atoms with Gasteiger partial charge in [0.05, 0.1) is 0 Å². The summed E-state index contributed by atoms with van der Waals surface area (Å²) in [5.41, 5.74) is 6.32. The average Bonchev–Trinajstić information content (AvgIpc) is 2.26. The minimum absolute atomic E-state index is 0.0417. The van der Waals surface area contributed by atoms with E-state index in [-0.39, 0.29) is 18.1 Å². The predicted octanol–water partition coefficient (Wildman–Crippen LogP) is 0.239. The van der Waals surface area contributed by atoms with E-state index in [2.05, 4.69) is 5.32 Å². The number of rotatable bonds is 5. The largest absolute Gasteiger partial charge is 0.508 e. The van der Waals surface area contributed by atoms with Crippen molar-refractivity contribution in [3.8, 4) is 5.75 Å². The lowest BCUT2D eigenvalue weighted by atomic mass is 10.1. The number of carbonyl (C=O) groups is 1. The van der Waals surface area contributed by atoms with Crippen LogP contribution in [0, 0.1) is 5.41 Å². The van der Waals surface area contributed by atoms with Gasteiger partial charge in [0.2, 0.25) is 0 Å². The third-order valence-electron chi connectivity index (χ3n) is 2.36.